The molecule has 2 atom stereocenters. The van der Waals surface area contributed by atoms with Gasteiger partial charge in [0, 0.05) is 17.6 Å². The highest BCUT2D eigenvalue weighted by Crippen LogP contribution is 2.23. The predicted molar refractivity (Wildman–Crippen MR) is 159 cm³/mol. The molecule has 0 aliphatic rings. The molecule has 0 heterocycles. The summed E-state index contributed by atoms with van der Waals surface area (Å²) >= 11 is 6.02. The first kappa shape index (κ1) is 31.0. The second-order valence-electron chi connectivity index (χ2n) is 9.68. The lowest BCUT2D eigenvalue weighted by Crippen LogP contribution is -2.52. The smallest absolute Gasteiger partial charge is 0.244 e. The molecule has 10 heteroatoms. The van der Waals surface area contributed by atoms with Crippen LogP contribution in [0.25, 0.3) is 0 Å². The van der Waals surface area contributed by atoms with E-state index in [0.29, 0.717) is 23.1 Å². The van der Waals surface area contributed by atoms with Crippen LogP contribution < -0.4 is 14.4 Å². The van der Waals surface area contributed by atoms with Gasteiger partial charge in [0.2, 0.25) is 21.8 Å². The van der Waals surface area contributed by atoms with Gasteiger partial charge in [-0.1, -0.05) is 61.0 Å². The van der Waals surface area contributed by atoms with Crippen LogP contribution in [-0.2, 0) is 32.8 Å². The molecule has 0 aliphatic heterocycles. The monoisotopic (exact) mass is 585 g/mol. The van der Waals surface area contributed by atoms with Gasteiger partial charge in [-0.25, -0.2) is 8.42 Å². The van der Waals surface area contributed by atoms with E-state index in [-0.39, 0.29) is 18.5 Å². The van der Waals surface area contributed by atoms with E-state index in [1.165, 1.54) is 4.90 Å². The highest BCUT2D eigenvalue weighted by Gasteiger charge is 2.30. The van der Waals surface area contributed by atoms with Gasteiger partial charge in [-0.15, -0.1) is 0 Å². The summed E-state index contributed by atoms with van der Waals surface area (Å²) in [6, 6.07) is 22.2. The summed E-state index contributed by atoms with van der Waals surface area (Å²) in [5.41, 5.74) is 2.07. The molecule has 0 spiro atoms. The second-order valence-corrected chi connectivity index (χ2v) is 12.0. The van der Waals surface area contributed by atoms with Crippen LogP contribution in [0, 0.1) is 0 Å². The molecule has 0 fully saturated rings. The van der Waals surface area contributed by atoms with Crippen LogP contribution >= 0.6 is 11.6 Å². The highest BCUT2D eigenvalue weighted by molar-refractivity contribution is 7.92. The van der Waals surface area contributed by atoms with Crippen LogP contribution in [0.1, 0.15) is 38.3 Å². The molecule has 2 amide bonds. The average Bonchev–Trinajstić information content (AvgIpc) is 2.94. The van der Waals surface area contributed by atoms with Crippen LogP contribution in [0.15, 0.2) is 78.9 Å². The first-order valence-electron chi connectivity index (χ1n) is 13.1. The van der Waals surface area contributed by atoms with E-state index in [2.05, 4.69) is 5.32 Å². The number of sulfonamides is 1. The fourth-order valence-electron chi connectivity index (χ4n) is 3.90. The number of nitrogens with zero attached hydrogens (tertiary/aromatic N) is 2. The minimum Gasteiger partial charge on any atom is -0.489 e. The Bertz CT molecular complexity index is 1370. The molecule has 0 aromatic heterocycles. The van der Waals surface area contributed by atoms with Gasteiger partial charge in [-0.2, -0.15) is 0 Å². The van der Waals surface area contributed by atoms with Gasteiger partial charge in [0.15, 0.2) is 0 Å². The van der Waals surface area contributed by atoms with Crippen LogP contribution in [0.4, 0.5) is 5.69 Å². The average molecular weight is 586 g/mol. The normalized spacial score (nSPS) is 12.7. The number of carbonyl (C=O) groups is 2. The Morgan fingerprint density at radius 3 is 2.12 bits per heavy atom. The Labute approximate surface area is 241 Å². The second kappa shape index (κ2) is 14.2. The van der Waals surface area contributed by atoms with Crippen molar-refractivity contribution in [3.05, 3.63) is 95.0 Å². The van der Waals surface area contributed by atoms with Gasteiger partial charge in [0.1, 0.15) is 24.9 Å². The molecule has 0 saturated carbocycles. The van der Waals surface area contributed by atoms with Crippen molar-refractivity contribution in [2.24, 2.45) is 0 Å². The van der Waals surface area contributed by atoms with Crippen molar-refractivity contribution in [1.82, 2.24) is 10.2 Å². The van der Waals surface area contributed by atoms with E-state index in [0.717, 1.165) is 28.1 Å². The topological polar surface area (TPSA) is 96.0 Å². The quantitative estimate of drug-likeness (QED) is 0.304. The Morgan fingerprint density at radius 2 is 1.55 bits per heavy atom. The van der Waals surface area contributed by atoms with E-state index in [1.807, 2.05) is 44.2 Å². The highest BCUT2D eigenvalue weighted by atomic mass is 35.5. The third-order valence-corrected chi connectivity index (χ3v) is 7.88. The maximum atomic E-state index is 13.7. The maximum Gasteiger partial charge on any atom is 0.244 e. The molecule has 3 aromatic rings. The number of hydrogen-bond donors (Lipinski definition) is 1. The van der Waals surface area contributed by atoms with Crippen molar-refractivity contribution in [2.45, 2.75) is 52.4 Å². The SMILES string of the molecule is CC[C@H](C)NC(=O)[C@@H](C)N(Cc1ccc(Cl)cc1)C(=O)CN(c1ccc(OCc2ccccc2)cc1)S(C)(=O)=O. The zero-order valence-corrected chi connectivity index (χ0v) is 24.8. The van der Waals surface area contributed by atoms with Crippen LogP contribution in [0.3, 0.4) is 0 Å². The number of carbonyl (C=O) groups excluding carboxylic acids is 2. The number of hydrogen-bond acceptors (Lipinski definition) is 5. The zero-order chi connectivity index (χ0) is 29.3. The lowest BCUT2D eigenvalue weighted by atomic mass is 10.1. The summed E-state index contributed by atoms with van der Waals surface area (Å²) in [6.07, 6.45) is 1.78. The molecule has 0 bridgehead atoms. The summed E-state index contributed by atoms with van der Waals surface area (Å²) in [5, 5.41) is 3.45. The number of anilines is 1. The molecular weight excluding hydrogens is 550 g/mol. The Hall–Kier alpha value is -3.56. The largest absolute Gasteiger partial charge is 0.489 e. The van der Waals surface area contributed by atoms with Crippen LogP contribution in [-0.4, -0.2) is 50.0 Å². The maximum absolute atomic E-state index is 13.7. The van der Waals surface area contributed by atoms with Gasteiger partial charge in [0.25, 0.3) is 0 Å². The van der Waals surface area contributed by atoms with E-state index >= 15 is 0 Å². The zero-order valence-electron chi connectivity index (χ0n) is 23.2. The molecule has 40 heavy (non-hydrogen) atoms. The molecule has 8 nitrogen and oxygen atoms in total. The fraction of sp³-hybridized carbons (Fsp3) is 0.333. The van der Waals surface area contributed by atoms with Gasteiger partial charge in [-0.3, -0.25) is 13.9 Å². The van der Waals surface area contributed by atoms with Crippen molar-refractivity contribution in [3.63, 3.8) is 0 Å². The number of halogens is 1. The lowest BCUT2D eigenvalue weighted by molar-refractivity contribution is -0.139. The van der Waals surface area contributed by atoms with E-state index < -0.39 is 28.5 Å². The number of nitrogens with one attached hydrogen (secondary N) is 1. The molecule has 3 aromatic carbocycles. The van der Waals surface area contributed by atoms with Crippen molar-refractivity contribution in [2.75, 3.05) is 17.1 Å². The molecule has 0 saturated heterocycles. The van der Waals surface area contributed by atoms with Crippen molar-refractivity contribution >= 4 is 39.1 Å². The summed E-state index contributed by atoms with van der Waals surface area (Å²) in [5.74, 6) is -0.272. The third-order valence-electron chi connectivity index (χ3n) is 6.49. The fourth-order valence-corrected chi connectivity index (χ4v) is 4.87. The number of amides is 2. The van der Waals surface area contributed by atoms with E-state index in [9.17, 15) is 18.0 Å². The summed E-state index contributed by atoms with van der Waals surface area (Å²) < 4.78 is 32.4. The standard InChI is InChI=1S/C30H36ClN3O5S/c1-5-22(2)32-30(36)23(3)33(19-24-11-13-26(31)14-12-24)29(35)20-34(40(4,37)38)27-15-17-28(18-16-27)39-21-25-9-7-6-8-10-25/h6-18,22-23H,5,19-21H2,1-4H3,(H,32,36)/t22-,23+/m0/s1. The molecule has 0 aliphatic carbocycles. The van der Waals surface area contributed by atoms with E-state index in [1.54, 1.807) is 55.5 Å². The van der Waals surface area contributed by atoms with Crippen molar-refractivity contribution in [3.8, 4) is 5.75 Å². The summed E-state index contributed by atoms with van der Waals surface area (Å²) in [4.78, 5) is 28.0. The van der Waals surface area contributed by atoms with Gasteiger partial charge in [0.05, 0.1) is 11.9 Å². The molecule has 0 unspecified atom stereocenters. The minimum absolute atomic E-state index is 0.0717. The van der Waals surface area contributed by atoms with Crippen molar-refractivity contribution < 1.29 is 22.7 Å². The van der Waals surface area contributed by atoms with Crippen molar-refractivity contribution in [1.29, 1.82) is 0 Å². The van der Waals surface area contributed by atoms with Gasteiger partial charge < -0.3 is 15.0 Å². The number of rotatable bonds is 13. The first-order valence-corrected chi connectivity index (χ1v) is 15.3. The Kier molecular flexibility index (Phi) is 11.0. The summed E-state index contributed by atoms with van der Waals surface area (Å²) in [6.45, 7) is 5.47. The predicted octanol–water partition coefficient (Wildman–Crippen LogP) is 5.02. The Morgan fingerprint density at radius 1 is 0.925 bits per heavy atom. The first-order chi connectivity index (χ1) is 19.0. The minimum atomic E-state index is -3.84. The number of ether oxygens (including phenoxy) is 1. The molecule has 3 rings (SSSR count). The molecule has 0 radical (unpaired) electrons. The molecule has 214 valence electrons. The van der Waals surface area contributed by atoms with Crippen LogP contribution in [0.5, 0.6) is 5.75 Å². The summed E-state index contributed by atoms with van der Waals surface area (Å²) in [7, 11) is -3.84. The lowest BCUT2D eigenvalue weighted by Gasteiger charge is -2.32. The van der Waals surface area contributed by atoms with Gasteiger partial charge >= 0.3 is 0 Å². The molecular formula is C30H36ClN3O5S. The van der Waals surface area contributed by atoms with E-state index in [4.69, 9.17) is 16.3 Å². The third kappa shape index (κ3) is 8.99. The Balaban J connectivity index is 1.81. The molecule has 1 N–H and O–H groups in total. The van der Waals surface area contributed by atoms with Crippen LogP contribution in [0.2, 0.25) is 5.02 Å². The number of benzene rings is 3. The van der Waals surface area contributed by atoms with Gasteiger partial charge in [-0.05, 0) is 67.8 Å².